The maximum atomic E-state index is 12.7. The van der Waals surface area contributed by atoms with E-state index in [2.05, 4.69) is 28.2 Å². The summed E-state index contributed by atoms with van der Waals surface area (Å²) in [5.74, 6) is 1.41. The maximum Gasteiger partial charge on any atom is 0.235 e. The van der Waals surface area contributed by atoms with Gasteiger partial charge in [-0.25, -0.2) is 0 Å². The highest BCUT2D eigenvalue weighted by atomic mass is 32.2. The molecule has 1 amide bonds. The van der Waals surface area contributed by atoms with Crippen molar-refractivity contribution in [3.63, 3.8) is 0 Å². The largest absolute Gasteiger partial charge is 0.483 e. The fourth-order valence-electron chi connectivity index (χ4n) is 3.83. The van der Waals surface area contributed by atoms with Gasteiger partial charge in [0.15, 0.2) is 17.1 Å². The molecule has 1 unspecified atom stereocenters. The number of para-hydroxylation sites is 1. The van der Waals surface area contributed by atoms with E-state index in [4.69, 9.17) is 4.74 Å². The Morgan fingerprint density at radius 3 is 2.91 bits per heavy atom. The zero-order valence-electron chi connectivity index (χ0n) is 18.4. The van der Waals surface area contributed by atoms with Crippen molar-refractivity contribution in [3.8, 4) is 11.8 Å². The summed E-state index contributed by atoms with van der Waals surface area (Å²) in [4.78, 5) is 13.9. The van der Waals surface area contributed by atoms with Gasteiger partial charge in [0.25, 0.3) is 0 Å². The fourth-order valence-corrected chi connectivity index (χ4v) is 5.84. The molecule has 0 bridgehead atoms. The lowest BCUT2D eigenvalue weighted by Crippen LogP contribution is -2.15. The molecule has 0 saturated heterocycles. The van der Waals surface area contributed by atoms with Gasteiger partial charge in [-0.3, -0.25) is 9.36 Å². The van der Waals surface area contributed by atoms with Crippen molar-refractivity contribution in [3.05, 3.63) is 64.8 Å². The number of fused-ring (bicyclic) bond motifs is 1. The van der Waals surface area contributed by atoms with E-state index < -0.39 is 0 Å². The predicted octanol–water partition coefficient (Wildman–Crippen LogP) is 5.15. The molecule has 7 nitrogen and oxygen atoms in total. The zero-order chi connectivity index (χ0) is 23.2. The van der Waals surface area contributed by atoms with Crippen LogP contribution in [0.25, 0.3) is 0 Å². The minimum absolute atomic E-state index is 0.163. The molecule has 9 heteroatoms. The molecule has 2 heterocycles. The molecule has 1 aliphatic carbocycles. The second kappa shape index (κ2) is 10.7. The molecule has 1 aliphatic rings. The monoisotopic (exact) mass is 479 g/mol. The normalized spacial score (nSPS) is 13.6. The maximum absolute atomic E-state index is 12.7. The van der Waals surface area contributed by atoms with Crippen LogP contribution in [0.5, 0.6) is 5.75 Å². The first-order chi connectivity index (χ1) is 16.1. The molecule has 0 fully saturated rings. The number of hydrogen-bond donors (Lipinski definition) is 1. The third-order valence-electron chi connectivity index (χ3n) is 5.35. The number of carbonyl (C=O) groups excluding carboxylic acids is 1. The van der Waals surface area contributed by atoms with Gasteiger partial charge in [-0.1, -0.05) is 36.0 Å². The van der Waals surface area contributed by atoms with Gasteiger partial charge in [0.05, 0.1) is 11.3 Å². The second-order valence-electron chi connectivity index (χ2n) is 7.68. The lowest BCUT2D eigenvalue weighted by Gasteiger charge is -2.15. The summed E-state index contributed by atoms with van der Waals surface area (Å²) in [6.45, 7) is 6.25. The number of carbonyl (C=O) groups is 1. The molecule has 3 aromatic rings. The highest BCUT2D eigenvalue weighted by Crippen LogP contribution is 2.37. The molecule has 33 heavy (non-hydrogen) atoms. The van der Waals surface area contributed by atoms with Crippen LogP contribution in [0, 0.1) is 11.3 Å². The van der Waals surface area contributed by atoms with Gasteiger partial charge in [0.2, 0.25) is 5.91 Å². The van der Waals surface area contributed by atoms with Crippen molar-refractivity contribution >= 4 is 34.0 Å². The van der Waals surface area contributed by atoms with E-state index in [9.17, 15) is 10.1 Å². The molecule has 1 atom stereocenters. The first-order valence-corrected chi connectivity index (χ1v) is 12.6. The van der Waals surface area contributed by atoms with Crippen LogP contribution in [-0.2, 0) is 24.2 Å². The summed E-state index contributed by atoms with van der Waals surface area (Å²) >= 11 is 2.83. The molecule has 1 aromatic carbocycles. The van der Waals surface area contributed by atoms with Crippen LogP contribution in [-0.4, -0.2) is 26.4 Å². The molecule has 4 rings (SSSR count). The van der Waals surface area contributed by atoms with Crippen LogP contribution in [0.15, 0.2) is 48.1 Å². The zero-order valence-corrected chi connectivity index (χ0v) is 20.0. The average Bonchev–Trinajstić information content (AvgIpc) is 3.39. The minimum atomic E-state index is -0.321. The summed E-state index contributed by atoms with van der Waals surface area (Å²) in [5, 5.41) is 22.4. The minimum Gasteiger partial charge on any atom is -0.483 e. The van der Waals surface area contributed by atoms with Gasteiger partial charge in [-0.05, 0) is 50.3 Å². The summed E-state index contributed by atoms with van der Waals surface area (Å²) in [7, 11) is 0. The molecule has 2 aromatic heterocycles. The molecular formula is C24H25N5O2S2. The fraction of sp³-hybridized carbons (Fsp3) is 0.333. The number of rotatable bonds is 9. The lowest BCUT2D eigenvalue weighted by molar-refractivity contribution is -0.113. The quantitative estimate of drug-likeness (QED) is 0.337. The van der Waals surface area contributed by atoms with Gasteiger partial charge in [0.1, 0.15) is 16.8 Å². The number of ether oxygens (including phenoxy) is 1. The van der Waals surface area contributed by atoms with Gasteiger partial charge < -0.3 is 10.1 Å². The summed E-state index contributed by atoms with van der Waals surface area (Å²) < 4.78 is 7.90. The van der Waals surface area contributed by atoms with Crippen molar-refractivity contribution in [1.29, 1.82) is 5.26 Å². The first-order valence-electron chi connectivity index (χ1n) is 10.8. The number of thioether (sulfide) groups is 1. The number of amides is 1. The third-order valence-corrected chi connectivity index (χ3v) is 7.52. The number of aryl methyl sites for hydroxylation is 1. The van der Waals surface area contributed by atoms with Crippen molar-refractivity contribution in [1.82, 2.24) is 14.8 Å². The van der Waals surface area contributed by atoms with Gasteiger partial charge in [-0.2, -0.15) is 5.26 Å². The van der Waals surface area contributed by atoms with Crippen LogP contribution in [0.3, 0.4) is 0 Å². The topological polar surface area (TPSA) is 92.8 Å². The molecule has 170 valence electrons. The van der Waals surface area contributed by atoms with E-state index >= 15 is 0 Å². The SMILES string of the molecule is C=CCn1c(SCC(=O)Nc2sc3c(c2C#N)CCCC3)nnc1C(C)Oc1ccccc1. The second-order valence-corrected chi connectivity index (χ2v) is 9.72. The number of nitrogens with zero attached hydrogens (tertiary/aromatic N) is 4. The Balaban J connectivity index is 1.43. The Hall–Kier alpha value is -3.09. The first kappa shape index (κ1) is 23.1. The van der Waals surface area contributed by atoms with E-state index in [0.29, 0.717) is 28.1 Å². The van der Waals surface area contributed by atoms with Crippen LogP contribution in [0.4, 0.5) is 5.00 Å². The number of nitrogens with one attached hydrogen (secondary N) is 1. The van der Waals surface area contributed by atoms with Crippen molar-refractivity contribution in [2.45, 2.75) is 50.4 Å². The average molecular weight is 480 g/mol. The van der Waals surface area contributed by atoms with Crippen LogP contribution in [0.1, 0.15) is 47.7 Å². The Kier molecular flexibility index (Phi) is 7.47. The molecule has 0 spiro atoms. The third kappa shape index (κ3) is 5.29. The van der Waals surface area contributed by atoms with E-state index in [1.54, 1.807) is 6.08 Å². The number of nitriles is 1. The summed E-state index contributed by atoms with van der Waals surface area (Å²) in [5.41, 5.74) is 1.73. The number of aromatic nitrogens is 3. The van der Waals surface area contributed by atoms with Crippen LogP contribution < -0.4 is 10.1 Å². The Morgan fingerprint density at radius 1 is 1.36 bits per heavy atom. The molecule has 0 saturated carbocycles. The van der Waals surface area contributed by atoms with Crippen molar-refractivity contribution < 1.29 is 9.53 Å². The molecule has 0 radical (unpaired) electrons. The van der Waals surface area contributed by atoms with Crippen LogP contribution >= 0.6 is 23.1 Å². The Morgan fingerprint density at radius 2 is 2.15 bits per heavy atom. The van der Waals surface area contributed by atoms with E-state index in [1.165, 1.54) is 28.0 Å². The smallest absolute Gasteiger partial charge is 0.235 e. The number of allylic oxidation sites excluding steroid dienone is 1. The van der Waals surface area contributed by atoms with Gasteiger partial charge >= 0.3 is 0 Å². The number of anilines is 1. The molecular weight excluding hydrogens is 454 g/mol. The van der Waals surface area contributed by atoms with Crippen molar-refractivity contribution in [2.24, 2.45) is 0 Å². The number of benzene rings is 1. The lowest BCUT2D eigenvalue weighted by atomic mass is 9.96. The number of hydrogen-bond acceptors (Lipinski definition) is 7. The molecule has 1 N–H and O–H groups in total. The Bertz CT molecular complexity index is 1180. The standard InChI is InChI=1S/C24H25N5O2S2/c1-3-13-29-22(16(2)31-17-9-5-4-6-10-17)27-28-24(29)32-15-21(30)26-23-19(14-25)18-11-7-8-12-20(18)33-23/h3-6,9-10,16H,1,7-8,11-13,15H2,2H3,(H,26,30). The van der Waals surface area contributed by atoms with Crippen LogP contribution in [0.2, 0.25) is 0 Å². The highest BCUT2D eigenvalue weighted by molar-refractivity contribution is 7.99. The Labute approximate surface area is 201 Å². The summed E-state index contributed by atoms with van der Waals surface area (Å²) in [6.07, 6.45) is 5.57. The van der Waals surface area contributed by atoms with E-state index in [0.717, 1.165) is 37.0 Å². The summed E-state index contributed by atoms with van der Waals surface area (Å²) in [6, 6.07) is 11.8. The van der Waals surface area contributed by atoms with E-state index in [-0.39, 0.29) is 17.8 Å². The van der Waals surface area contributed by atoms with Crippen molar-refractivity contribution in [2.75, 3.05) is 11.1 Å². The molecule has 0 aliphatic heterocycles. The highest BCUT2D eigenvalue weighted by Gasteiger charge is 2.23. The predicted molar refractivity (Wildman–Crippen MR) is 131 cm³/mol. The van der Waals surface area contributed by atoms with Gasteiger partial charge in [-0.15, -0.1) is 28.1 Å². The van der Waals surface area contributed by atoms with E-state index in [1.807, 2.05) is 41.8 Å². The number of thiophene rings is 1. The van der Waals surface area contributed by atoms with Gasteiger partial charge in [0, 0.05) is 11.4 Å².